The number of halogens is 3. The van der Waals surface area contributed by atoms with Crippen molar-refractivity contribution in [2.45, 2.75) is 39.9 Å². The molecule has 0 radical (unpaired) electrons. The maximum Gasteiger partial charge on any atom is 0.130 e. The fourth-order valence-electron chi connectivity index (χ4n) is 2.17. The predicted molar refractivity (Wildman–Crippen MR) is 79.2 cm³/mol. The van der Waals surface area contributed by atoms with Crippen LogP contribution in [0.4, 0.5) is 8.78 Å². The highest BCUT2D eigenvalue weighted by atomic mass is 35.5. The smallest absolute Gasteiger partial charge is 0.130 e. The Balaban J connectivity index is 2.05. The van der Waals surface area contributed by atoms with Crippen molar-refractivity contribution in [3.63, 3.8) is 0 Å². The minimum absolute atomic E-state index is 0.304. The molecule has 114 valence electrons. The van der Waals surface area contributed by atoms with Crippen LogP contribution < -0.4 is 5.32 Å². The molecule has 2 aromatic rings. The lowest BCUT2D eigenvalue weighted by molar-refractivity contribution is 0.547. The van der Waals surface area contributed by atoms with E-state index >= 15 is 0 Å². The molecular weight excluding hydrogens is 296 g/mol. The van der Waals surface area contributed by atoms with Gasteiger partial charge in [-0.05, 0) is 19.4 Å². The van der Waals surface area contributed by atoms with Gasteiger partial charge in [0, 0.05) is 31.3 Å². The lowest BCUT2D eigenvalue weighted by atomic mass is 10.2. The molecule has 6 heteroatoms. The second-order valence-electron chi connectivity index (χ2n) is 4.72. The first kappa shape index (κ1) is 15.9. The van der Waals surface area contributed by atoms with Gasteiger partial charge in [0.25, 0.3) is 0 Å². The van der Waals surface area contributed by atoms with Gasteiger partial charge >= 0.3 is 0 Å². The molecule has 0 unspecified atom stereocenters. The van der Waals surface area contributed by atoms with E-state index in [0.29, 0.717) is 23.7 Å². The van der Waals surface area contributed by atoms with E-state index in [-0.39, 0.29) is 0 Å². The van der Waals surface area contributed by atoms with E-state index in [1.165, 1.54) is 12.1 Å². The zero-order valence-corrected chi connectivity index (χ0v) is 12.8. The van der Waals surface area contributed by atoms with E-state index in [9.17, 15) is 8.78 Å². The minimum atomic E-state index is -0.573. The van der Waals surface area contributed by atoms with Crippen molar-refractivity contribution < 1.29 is 8.78 Å². The van der Waals surface area contributed by atoms with Crippen LogP contribution in [0.25, 0.3) is 0 Å². The van der Waals surface area contributed by atoms with Gasteiger partial charge in [-0.1, -0.05) is 24.6 Å². The predicted octanol–water partition coefficient (Wildman–Crippen LogP) is 3.69. The van der Waals surface area contributed by atoms with Crippen LogP contribution in [0.1, 0.15) is 30.8 Å². The molecule has 1 N–H and O–H groups in total. The van der Waals surface area contributed by atoms with Gasteiger partial charge in [0.1, 0.15) is 11.6 Å². The van der Waals surface area contributed by atoms with Gasteiger partial charge in [0.2, 0.25) is 0 Å². The zero-order chi connectivity index (χ0) is 15.4. The summed E-state index contributed by atoms with van der Waals surface area (Å²) in [5.74, 6) is -1.12. The zero-order valence-electron chi connectivity index (χ0n) is 12.1. The molecule has 1 aromatic carbocycles. The molecule has 1 aromatic heterocycles. The molecule has 2 rings (SSSR count). The lowest BCUT2D eigenvalue weighted by Crippen LogP contribution is -2.17. The fraction of sp³-hybridized carbons (Fsp3) is 0.400. The second-order valence-corrected chi connectivity index (χ2v) is 5.09. The SMILES string of the molecule is CCc1nn(CC)c(CNCc2ccc(F)cc2F)c1Cl. The van der Waals surface area contributed by atoms with Gasteiger partial charge in [-0.25, -0.2) is 8.78 Å². The summed E-state index contributed by atoms with van der Waals surface area (Å²) in [7, 11) is 0. The molecule has 0 saturated carbocycles. The first-order valence-corrected chi connectivity index (χ1v) is 7.33. The van der Waals surface area contributed by atoms with E-state index in [0.717, 1.165) is 30.4 Å². The van der Waals surface area contributed by atoms with Crippen LogP contribution in [0.15, 0.2) is 18.2 Å². The highest BCUT2D eigenvalue weighted by Gasteiger charge is 2.14. The fourth-order valence-corrected chi connectivity index (χ4v) is 2.50. The van der Waals surface area contributed by atoms with Crippen LogP contribution in [0, 0.1) is 11.6 Å². The summed E-state index contributed by atoms with van der Waals surface area (Å²) in [6.45, 7) is 5.50. The Morgan fingerprint density at radius 3 is 2.62 bits per heavy atom. The summed E-state index contributed by atoms with van der Waals surface area (Å²) in [5, 5.41) is 8.20. The topological polar surface area (TPSA) is 29.9 Å². The van der Waals surface area contributed by atoms with Crippen LogP contribution >= 0.6 is 11.6 Å². The number of aromatic nitrogens is 2. The maximum atomic E-state index is 13.5. The Bertz CT molecular complexity index is 626. The number of rotatable bonds is 6. The number of nitrogens with one attached hydrogen (secondary N) is 1. The largest absolute Gasteiger partial charge is 0.307 e. The summed E-state index contributed by atoms with van der Waals surface area (Å²) >= 11 is 6.30. The van der Waals surface area contributed by atoms with Crippen molar-refractivity contribution in [2.75, 3.05) is 0 Å². The monoisotopic (exact) mass is 313 g/mol. The van der Waals surface area contributed by atoms with Crippen LogP contribution in [0.5, 0.6) is 0 Å². The van der Waals surface area contributed by atoms with E-state index in [1.54, 1.807) is 0 Å². The Morgan fingerprint density at radius 1 is 1.24 bits per heavy atom. The number of benzene rings is 1. The minimum Gasteiger partial charge on any atom is -0.307 e. The standard InChI is InChI=1S/C15H18ClF2N3/c1-3-13-15(16)14(21(4-2)20-13)9-19-8-10-5-6-11(17)7-12(10)18/h5-7,19H,3-4,8-9H2,1-2H3. The Morgan fingerprint density at radius 2 is 2.00 bits per heavy atom. The molecule has 0 aliphatic rings. The van der Waals surface area contributed by atoms with Gasteiger partial charge in [-0.3, -0.25) is 4.68 Å². The summed E-state index contributed by atoms with van der Waals surface area (Å²) < 4.78 is 28.2. The van der Waals surface area contributed by atoms with E-state index in [4.69, 9.17) is 11.6 Å². The summed E-state index contributed by atoms with van der Waals surface area (Å²) in [6, 6.07) is 3.57. The molecule has 21 heavy (non-hydrogen) atoms. The van der Waals surface area contributed by atoms with Crippen molar-refractivity contribution in [2.24, 2.45) is 0 Å². The molecule has 3 nitrogen and oxygen atoms in total. The van der Waals surface area contributed by atoms with E-state index in [1.807, 2.05) is 18.5 Å². The van der Waals surface area contributed by atoms with Gasteiger partial charge in [0.15, 0.2) is 0 Å². The van der Waals surface area contributed by atoms with E-state index in [2.05, 4.69) is 10.4 Å². The number of hydrogen-bond acceptors (Lipinski definition) is 2. The highest BCUT2D eigenvalue weighted by Crippen LogP contribution is 2.21. The van der Waals surface area contributed by atoms with Crippen LogP contribution in [0.2, 0.25) is 5.02 Å². The Hall–Kier alpha value is -1.46. The van der Waals surface area contributed by atoms with Crippen LogP contribution in [0.3, 0.4) is 0 Å². The molecule has 0 saturated heterocycles. The van der Waals surface area contributed by atoms with Crippen molar-refractivity contribution in [3.8, 4) is 0 Å². The third-order valence-corrected chi connectivity index (χ3v) is 3.75. The highest BCUT2D eigenvalue weighted by molar-refractivity contribution is 6.31. The normalized spacial score (nSPS) is 11.1. The maximum absolute atomic E-state index is 13.5. The molecule has 1 heterocycles. The average Bonchev–Trinajstić information content (AvgIpc) is 2.77. The third kappa shape index (κ3) is 3.60. The first-order valence-electron chi connectivity index (χ1n) is 6.95. The summed E-state index contributed by atoms with van der Waals surface area (Å²) in [5.41, 5.74) is 2.17. The van der Waals surface area contributed by atoms with E-state index < -0.39 is 11.6 Å². The molecule has 0 atom stereocenters. The number of nitrogens with zero attached hydrogens (tertiary/aromatic N) is 2. The summed E-state index contributed by atoms with van der Waals surface area (Å²) in [4.78, 5) is 0. The number of aryl methyl sites for hydroxylation is 2. The Kier molecular flexibility index (Phi) is 5.31. The molecular formula is C15H18ClF2N3. The second kappa shape index (κ2) is 7.00. The van der Waals surface area contributed by atoms with Crippen LogP contribution in [-0.4, -0.2) is 9.78 Å². The quantitative estimate of drug-likeness (QED) is 0.881. The molecule has 0 amide bonds. The van der Waals surface area contributed by atoms with Crippen molar-refractivity contribution in [1.29, 1.82) is 0 Å². The van der Waals surface area contributed by atoms with Crippen molar-refractivity contribution in [1.82, 2.24) is 15.1 Å². The van der Waals surface area contributed by atoms with Gasteiger partial charge in [-0.2, -0.15) is 5.10 Å². The average molecular weight is 314 g/mol. The number of hydrogen-bond donors (Lipinski definition) is 1. The summed E-state index contributed by atoms with van der Waals surface area (Å²) in [6.07, 6.45) is 0.769. The third-order valence-electron chi connectivity index (χ3n) is 3.32. The Labute approximate surface area is 127 Å². The lowest BCUT2D eigenvalue weighted by Gasteiger charge is -2.08. The van der Waals surface area contributed by atoms with Crippen molar-refractivity contribution >= 4 is 11.6 Å². The molecule has 0 aliphatic carbocycles. The van der Waals surface area contributed by atoms with Gasteiger partial charge in [0.05, 0.1) is 16.4 Å². The van der Waals surface area contributed by atoms with Gasteiger partial charge in [-0.15, -0.1) is 0 Å². The van der Waals surface area contributed by atoms with Crippen LogP contribution in [-0.2, 0) is 26.1 Å². The van der Waals surface area contributed by atoms with Crippen molar-refractivity contribution in [3.05, 3.63) is 51.8 Å². The molecule has 0 aliphatic heterocycles. The molecule has 0 spiro atoms. The van der Waals surface area contributed by atoms with Gasteiger partial charge < -0.3 is 5.32 Å². The first-order chi connectivity index (χ1) is 10.1. The molecule has 0 bridgehead atoms. The molecule has 0 fully saturated rings.